The zero-order valence-corrected chi connectivity index (χ0v) is 12.0. The summed E-state index contributed by atoms with van der Waals surface area (Å²) < 4.78 is 1.52. The molecule has 0 aliphatic rings. The Morgan fingerprint density at radius 1 is 1.29 bits per heavy atom. The number of hydrogen-bond acceptors (Lipinski definition) is 6. The van der Waals surface area contributed by atoms with Gasteiger partial charge in [0.15, 0.2) is 0 Å². The van der Waals surface area contributed by atoms with Crippen molar-refractivity contribution >= 4 is 17.1 Å². The third-order valence-electron chi connectivity index (χ3n) is 2.93. The van der Waals surface area contributed by atoms with E-state index in [1.807, 2.05) is 30.3 Å². The standard InChI is InChI=1S/C14H13N5OS/c15-7-6-13-17-11(9-21-13)14(20)12-8-16-18-19(12)10-4-2-1-3-5-10/h1-5,8-9H,6-7,15H2. The minimum atomic E-state index is -0.191. The molecule has 2 N–H and O–H groups in total. The van der Waals surface area contributed by atoms with Crippen molar-refractivity contribution in [3.05, 3.63) is 58.3 Å². The van der Waals surface area contributed by atoms with E-state index in [9.17, 15) is 4.79 Å². The molecule has 2 aromatic heterocycles. The van der Waals surface area contributed by atoms with Gasteiger partial charge in [0, 0.05) is 11.8 Å². The Morgan fingerprint density at radius 2 is 2.10 bits per heavy atom. The van der Waals surface area contributed by atoms with E-state index in [-0.39, 0.29) is 5.78 Å². The molecule has 0 spiro atoms. The molecule has 6 nitrogen and oxygen atoms in total. The first-order valence-corrected chi connectivity index (χ1v) is 7.33. The smallest absolute Gasteiger partial charge is 0.232 e. The Kier molecular flexibility index (Phi) is 3.85. The Bertz CT molecular complexity index is 750. The average Bonchev–Trinajstić information content (AvgIpc) is 3.17. The largest absolute Gasteiger partial charge is 0.330 e. The van der Waals surface area contributed by atoms with E-state index in [2.05, 4.69) is 15.3 Å². The summed E-state index contributed by atoms with van der Waals surface area (Å²) in [4.78, 5) is 16.8. The molecule has 3 aromatic rings. The fraction of sp³-hybridized carbons (Fsp3) is 0.143. The minimum Gasteiger partial charge on any atom is -0.330 e. The first kappa shape index (κ1) is 13.6. The third-order valence-corrected chi connectivity index (χ3v) is 3.83. The van der Waals surface area contributed by atoms with Crippen LogP contribution < -0.4 is 5.73 Å². The molecule has 0 radical (unpaired) electrons. The van der Waals surface area contributed by atoms with Crippen LogP contribution in [0.2, 0.25) is 0 Å². The van der Waals surface area contributed by atoms with Crippen LogP contribution >= 0.6 is 11.3 Å². The van der Waals surface area contributed by atoms with Gasteiger partial charge in [-0.3, -0.25) is 4.79 Å². The van der Waals surface area contributed by atoms with Crippen molar-refractivity contribution in [2.75, 3.05) is 6.54 Å². The number of nitrogens with two attached hydrogens (primary N) is 1. The average molecular weight is 299 g/mol. The summed E-state index contributed by atoms with van der Waals surface area (Å²) in [7, 11) is 0. The molecule has 0 unspecified atom stereocenters. The number of nitrogens with zero attached hydrogens (tertiary/aromatic N) is 4. The predicted molar refractivity (Wildman–Crippen MR) is 79.7 cm³/mol. The zero-order chi connectivity index (χ0) is 14.7. The summed E-state index contributed by atoms with van der Waals surface area (Å²) in [5, 5.41) is 10.4. The number of thiazole rings is 1. The lowest BCUT2D eigenvalue weighted by atomic mass is 10.2. The van der Waals surface area contributed by atoms with Crippen molar-refractivity contribution in [1.29, 1.82) is 0 Å². The van der Waals surface area contributed by atoms with Gasteiger partial charge in [-0.15, -0.1) is 16.4 Å². The maximum atomic E-state index is 12.5. The predicted octanol–water partition coefficient (Wildman–Crippen LogP) is 1.46. The summed E-state index contributed by atoms with van der Waals surface area (Å²) in [5.74, 6) is -0.191. The minimum absolute atomic E-state index is 0.191. The first-order valence-electron chi connectivity index (χ1n) is 6.45. The van der Waals surface area contributed by atoms with Gasteiger partial charge in [-0.2, -0.15) is 0 Å². The first-order chi connectivity index (χ1) is 10.3. The van der Waals surface area contributed by atoms with E-state index in [1.165, 1.54) is 22.2 Å². The van der Waals surface area contributed by atoms with Crippen LogP contribution in [0.15, 0.2) is 41.9 Å². The second kappa shape index (κ2) is 5.94. The number of carbonyl (C=O) groups is 1. The fourth-order valence-corrected chi connectivity index (χ4v) is 2.73. The van der Waals surface area contributed by atoms with E-state index in [0.717, 1.165) is 10.7 Å². The van der Waals surface area contributed by atoms with Crippen LogP contribution in [-0.2, 0) is 6.42 Å². The highest BCUT2D eigenvalue weighted by molar-refractivity contribution is 7.09. The van der Waals surface area contributed by atoms with Crippen LogP contribution in [0.25, 0.3) is 5.69 Å². The number of para-hydroxylation sites is 1. The van der Waals surface area contributed by atoms with Gasteiger partial charge in [-0.05, 0) is 18.7 Å². The molecular weight excluding hydrogens is 286 g/mol. The Morgan fingerprint density at radius 3 is 2.86 bits per heavy atom. The Labute approximate surface area is 125 Å². The topological polar surface area (TPSA) is 86.7 Å². The van der Waals surface area contributed by atoms with Gasteiger partial charge in [0.05, 0.1) is 16.9 Å². The molecule has 0 bridgehead atoms. The SMILES string of the molecule is NCCc1nc(C(=O)c2cnnn2-c2ccccc2)cs1. The van der Waals surface area contributed by atoms with Crippen LogP contribution in [0, 0.1) is 0 Å². The molecule has 21 heavy (non-hydrogen) atoms. The molecule has 0 aliphatic heterocycles. The molecule has 0 amide bonds. The highest BCUT2D eigenvalue weighted by Crippen LogP contribution is 2.16. The molecular formula is C14H13N5OS. The summed E-state index contributed by atoms with van der Waals surface area (Å²) in [6.45, 7) is 0.518. The zero-order valence-electron chi connectivity index (χ0n) is 11.1. The van der Waals surface area contributed by atoms with Gasteiger partial charge in [0.2, 0.25) is 5.78 Å². The third kappa shape index (κ3) is 2.74. The molecule has 106 valence electrons. The Hall–Kier alpha value is -2.38. The van der Waals surface area contributed by atoms with Crippen molar-refractivity contribution in [1.82, 2.24) is 20.0 Å². The highest BCUT2D eigenvalue weighted by atomic mass is 32.1. The molecule has 3 rings (SSSR count). The lowest BCUT2D eigenvalue weighted by Gasteiger charge is -2.03. The van der Waals surface area contributed by atoms with E-state index >= 15 is 0 Å². The molecule has 0 saturated heterocycles. The molecule has 2 heterocycles. The molecule has 0 aliphatic carbocycles. The van der Waals surface area contributed by atoms with Gasteiger partial charge in [-0.1, -0.05) is 23.4 Å². The maximum absolute atomic E-state index is 12.5. The molecule has 1 aromatic carbocycles. The Balaban J connectivity index is 1.94. The second-order valence-electron chi connectivity index (χ2n) is 4.36. The van der Waals surface area contributed by atoms with E-state index in [4.69, 9.17) is 5.73 Å². The lowest BCUT2D eigenvalue weighted by Crippen LogP contribution is -2.10. The number of ketones is 1. The molecule has 0 saturated carbocycles. The van der Waals surface area contributed by atoms with Crippen LogP contribution in [0.5, 0.6) is 0 Å². The van der Waals surface area contributed by atoms with Crippen LogP contribution in [0.4, 0.5) is 0 Å². The van der Waals surface area contributed by atoms with Crippen molar-refractivity contribution in [3.63, 3.8) is 0 Å². The second-order valence-corrected chi connectivity index (χ2v) is 5.30. The van der Waals surface area contributed by atoms with Crippen LogP contribution in [-0.4, -0.2) is 32.3 Å². The number of aromatic nitrogens is 4. The number of benzene rings is 1. The van der Waals surface area contributed by atoms with Gasteiger partial charge < -0.3 is 5.73 Å². The number of rotatable bonds is 5. The monoisotopic (exact) mass is 299 g/mol. The van der Waals surface area contributed by atoms with Crippen molar-refractivity contribution < 1.29 is 4.79 Å². The number of carbonyl (C=O) groups excluding carboxylic acids is 1. The van der Waals surface area contributed by atoms with E-state index < -0.39 is 0 Å². The van der Waals surface area contributed by atoms with Crippen LogP contribution in [0.1, 0.15) is 21.2 Å². The van der Waals surface area contributed by atoms with Gasteiger partial charge >= 0.3 is 0 Å². The molecule has 0 fully saturated rings. The quantitative estimate of drug-likeness (QED) is 0.721. The lowest BCUT2D eigenvalue weighted by molar-refractivity contribution is 0.102. The fourth-order valence-electron chi connectivity index (χ4n) is 1.93. The van der Waals surface area contributed by atoms with Gasteiger partial charge in [-0.25, -0.2) is 9.67 Å². The van der Waals surface area contributed by atoms with Gasteiger partial charge in [0.25, 0.3) is 0 Å². The number of hydrogen-bond donors (Lipinski definition) is 1. The van der Waals surface area contributed by atoms with E-state index in [1.54, 1.807) is 5.38 Å². The summed E-state index contributed by atoms with van der Waals surface area (Å²) >= 11 is 1.44. The molecule has 7 heteroatoms. The van der Waals surface area contributed by atoms with Gasteiger partial charge in [0.1, 0.15) is 11.4 Å². The van der Waals surface area contributed by atoms with Crippen molar-refractivity contribution in [3.8, 4) is 5.69 Å². The summed E-state index contributed by atoms with van der Waals surface area (Å²) in [5.41, 5.74) is 7.09. The summed E-state index contributed by atoms with van der Waals surface area (Å²) in [6.07, 6.45) is 2.13. The molecule has 0 atom stereocenters. The van der Waals surface area contributed by atoms with Crippen molar-refractivity contribution in [2.45, 2.75) is 6.42 Å². The van der Waals surface area contributed by atoms with Crippen molar-refractivity contribution in [2.24, 2.45) is 5.73 Å². The normalized spacial score (nSPS) is 10.7. The van der Waals surface area contributed by atoms with Crippen LogP contribution in [0.3, 0.4) is 0 Å². The summed E-state index contributed by atoms with van der Waals surface area (Å²) in [6, 6.07) is 9.40. The highest BCUT2D eigenvalue weighted by Gasteiger charge is 2.19. The maximum Gasteiger partial charge on any atom is 0.232 e. The van der Waals surface area contributed by atoms with E-state index in [0.29, 0.717) is 24.4 Å².